The Morgan fingerprint density at radius 3 is 0.710 bits per heavy atom. The Morgan fingerprint density at radius 1 is 0.323 bits per heavy atom. The van der Waals surface area contributed by atoms with Gasteiger partial charge in [0.15, 0.2) is 0 Å². The second-order valence-corrected chi connectivity index (χ2v) is 12.1. The monoisotopic (exact) mass is 914 g/mol. The topological polar surface area (TPSA) is 268 Å². The molecule has 0 fully saturated rings. The van der Waals surface area contributed by atoms with E-state index in [1.54, 1.807) is 113 Å². The Labute approximate surface area is 376 Å². The van der Waals surface area contributed by atoms with Crippen molar-refractivity contribution >= 4 is 46.4 Å². The van der Waals surface area contributed by atoms with Crippen molar-refractivity contribution in [3.05, 3.63) is 180 Å². The molecule has 0 spiro atoms. The van der Waals surface area contributed by atoms with Gasteiger partial charge in [-0.2, -0.15) is 40.8 Å². The van der Waals surface area contributed by atoms with Crippen LogP contribution in [0.25, 0.3) is 0 Å². The van der Waals surface area contributed by atoms with Gasteiger partial charge in [-0.15, -0.1) is 0 Å². The zero-order valence-corrected chi connectivity index (χ0v) is 35.2. The molecule has 0 N–H and O–H groups in total. The van der Waals surface area contributed by atoms with Crippen molar-refractivity contribution in [3.63, 3.8) is 0 Å². The van der Waals surface area contributed by atoms with Crippen molar-refractivity contribution in [2.24, 2.45) is 40.8 Å². The largest absolute Gasteiger partial charge is 2.00 e. The molecule has 0 unspecified atom stereocenters. The number of hydrogen-bond donors (Lipinski definition) is 0. The zero-order valence-electron chi connectivity index (χ0n) is 33.2. The molecule has 0 amide bonds. The van der Waals surface area contributed by atoms with E-state index in [0.29, 0.717) is 67.9 Å². The summed E-state index contributed by atoms with van der Waals surface area (Å²) >= 11 is 0. The first kappa shape index (κ1) is 48.8. The normalized spacial score (nSPS) is 13.0. The molecule has 0 saturated carbocycles. The quantitative estimate of drug-likeness (QED) is 0.0744. The molecule has 18 nitrogen and oxygen atoms in total. The fourth-order valence-corrected chi connectivity index (χ4v) is 4.57. The van der Waals surface area contributed by atoms with Gasteiger partial charge in [0.05, 0.1) is 45.6 Å². The van der Waals surface area contributed by atoms with Gasteiger partial charge in [0.2, 0.25) is 0 Å². The van der Waals surface area contributed by atoms with Crippen LogP contribution in [0.3, 0.4) is 0 Å². The minimum atomic E-state index is -0.473. The van der Waals surface area contributed by atoms with Gasteiger partial charge in [0.25, 0.3) is 0 Å². The van der Waals surface area contributed by atoms with E-state index in [2.05, 4.69) is 70.7 Å². The van der Waals surface area contributed by atoms with Gasteiger partial charge in [-0.05, 0) is 123 Å². The second-order valence-electron chi connectivity index (χ2n) is 12.1. The van der Waals surface area contributed by atoms with Crippen LogP contribution in [0.5, 0.6) is 0 Å². The molecule has 0 aliphatic rings. The SMILES string of the molecule is C/C(=N\N=C(/[O-])c1ccncc1)c1cccc(/C(C)=N/N=C(\[O-])c2ccncc2)n1.C/C(=N\N=C(/[O-])c1ccncc1)c1cccc(/C(C)=N/N=C(\[O-])c2ccncc2)n1.[Ni+2].[Ni+2]. The third-order valence-corrected chi connectivity index (χ3v) is 7.85. The van der Waals surface area contributed by atoms with E-state index in [9.17, 15) is 20.4 Å². The van der Waals surface area contributed by atoms with Gasteiger partial charge in [0, 0.05) is 73.2 Å². The van der Waals surface area contributed by atoms with Gasteiger partial charge < -0.3 is 20.4 Å². The number of pyridine rings is 6. The minimum Gasteiger partial charge on any atom is -0.857 e. The van der Waals surface area contributed by atoms with Crippen LogP contribution in [0.15, 0.2) is 175 Å². The van der Waals surface area contributed by atoms with Crippen LogP contribution < -0.4 is 20.4 Å². The standard InChI is InChI=1S/2C21H19N7O2.2Ni/c2*1-14(25-27-20(29)16-6-10-22-11-7-16)18-4-3-5-19(24-18)15(2)26-28-21(30)17-8-12-23-13-9-17;;/h2*3-13H,1-2H3,(H,27,29)(H,28,30);;/q;;2*+2/p-4/b2*25-14+,26-15+;;. The van der Waals surface area contributed by atoms with Gasteiger partial charge >= 0.3 is 33.0 Å². The number of rotatable bonds is 12. The third-order valence-electron chi connectivity index (χ3n) is 7.85. The first-order valence-corrected chi connectivity index (χ1v) is 17.8. The summed E-state index contributed by atoms with van der Waals surface area (Å²) in [6.45, 7) is 6.77. The molecule has 0 aromatic carbocycles. The Balaban J connectivity index is 0.000000320. The Kier molecular flexibility index (Phi) is 19.8. The van der Waals surface area contributed by atoms with Gasteiger partial charge in [0.1, 0.15) is 0 Å². The van der Waals surface area contributed by atoms with E-state index in [0.717, 1.165) is 0 Å². The molecule has 0 radical (unpaired) electrons. The van der Waals surface area contributed by atoms with Gasteiger partial charge in [-0.3, -0.25) is 19.9 Å². The van der Waals surface area contributed by atoms with Crippen molar-refractivity contribution in [2.45, 2.75) is 27.7 Å². The Hall–Kier alpha value is -7.55. The van der Waals surface area contributed by atoms with E-state index in [-0.39, 0.29) is 33.0 Å². The summed E-state index contributed by atoms with van der Waals surface area (Å²) in [6, 6.07) is 23.0. The van der Waals surface area contributed by atoms with Crippen LogP contribution in [0.4, 0.5) is 0 Å². The van der Waals surface area contributed by atoms with E-state index in [4.69, 9.17) is 0 Å². The van der Waals surface area contributed by atoms with Crippen molar-refractivity contribution in [1.82, 2.24) is 29.9 Å². The number of aromatic nitrogens is 6. The molecule has 6 heterocycles. The molecular formula is C42H34N14Ni2O4. The molecule has 6 aromatic rings. The summed E-state index contributed by atoms with van der Waals surface area (Å²) in [6.07, 6.45) is 12.1. The maximum absolute atomic E-state index is 12.0. The average molecular weight is 916 g/mol. The molecule has 6 aromatic heterocycles. The van der Waals surface area contributed by atoms with E-state index in [1.807, 2.05) is 0 Å². The fourth-order valence-electron chi connectivity index (χ4n) is 4.57. The molecule has 0 aliphatic heterocycles. The molecule has 6 rings (SSSR count). The summed E-state index contributed by atoms with van der Waals surface area (Å²) in [5.41, 5.74) is 5.49. The maximum Gasteiger partial charge on any atom is 2.00 e. The van der Waals surface area contributed by atoms with Crippen LogP contribution in [0.1, 0.15) is 72.7 Å². The van der Waals surface area contributed by atoms with Crippen molar-refractivity contribution in [1.29, 1.82) is 0 Å². The third kappa shape index (κ3) is 14.9. The van der Waals surface area contributed by atoms with Crippen LogP contribution in [-0.4, -0.2) is 76.3 Å². The Bertz CT molecular complexity index is 2270. The molecule has 0 atom stereocenters. The number of hydrogen-bond acceptors (Lipinski definition) is 18. The van der Waals surface area contributed by atoms with Crippen LogP contribution in [0, 0.1) is 0 Å². The summed E-state index contributed by atoms with van der Waals surface area (Å²) < 4.78 is 0. The van der Waals surface area contributed by atoms with Crippen molar-refractivity contribution < 1.29 is 53.4 Å². The summed E-state index contributed by atoms with van der Waals surface area (Å²) in [5, 5.41) is 78.9. The van der Waals surface area contributed by atoms with Crippen molar-refractivity contribution in [3.8, 4) is 0 Å². The first-order valence-electron chi connectivity index (χ1n) is 17.8. The molecular weight excluding hydrogens is 882 g/mol. The smallest absolute Gasteiger partial charge is 0.857 e. The van der Waals surface area contributed by atoms with Crippen LogP contribution in [0.2, 0.25) is 0 Å². The summed E-state index contributed by atoms with van der Waals surface area (Å²) in [7, 11) is 0. The molecule has 20 heteroatoms. The number of nitrogens with zero attached hydrogens (tertiary/aromatic N) is 14. The Morgan fingerprint density at radius 2 is 0.516 bits per heavy atom. The fraction of sp³-hybridized carbons (Fsp3) is 0.0952. The summed E-state index contributed by atoms with van der Waals surface area (Å²) in [5.74, 6) is -1.89. The van der Waals surface area contributed by atoms with E-state index < -0.39 is 23.6 Å². The van der Waals surface area contributed by atoms with Gasteiger partial charge in [-0.25, -0.2) is 9.97 Å². The predicted molar refractivity (Wildman–Crippen MR) is 220 cm³/mol. The zero-order chi connectivity index (χ0) is 42.7. The van der Waals surface area contributed by atoms with Crippen LogP contribution >= 0.6 is 0 Å². The molecule has 0 saturated heterocycles. The maximum atomic E-state index is 12.0. The van der Waals surface area contributed by atoms with Gasteiger partial charge in [-0.1, -0.05) is 12.1 Å². The second kappa shape index (κ2) is 25.2. The molecule has 0 bridgehead atoms. The first-order chi connectivity index (χ1) is 29.1. The average Bonchev–Trinajstić information content (AvgIpc) is 3.31. The molecule has 62 heavy (non-hydrogen) atoms. The van der Waals surface area contributed by atoms with E-state index >= 15 is 0 Å². The van der Waals surface area contributed by atoms with Crippen LogP contribution in [-0.2, 0) is 33.0 Å². The summed E-state index contributed by atoms with van der Waals surface area (Å²) in [4.78, 5) is 24.3. The van der Waals surface area contributed by atoms with E-state index in [1.165, 1.54) is 49.6 Å². The van der Waals surface area contributed by atoms with Crippen molar-refractivity contribution in [2.75, 3.05) is 0 Å². The molecule has 316 valence electrons. The predicted octanol–water partition coefficient (Wildman–Crippen LogP) is 1.86. The minimum absolute atomic E-state index is 0. The molecule has 0 aliphatic carbocycles.